The Bertz CT molecular complexity index is 350. The van der Waals surface area contributed by atoms with Crippen molar-refractivity contribution >= 4 is 11.9 Å². The van der Waals surface area contributed by atoms with Crippen molar-refractivity contribution in [2.24, 2.45) is 0 Å². The van der Waals surface area contributed by atoms with Crippen molar-refractivity contribution in [2.75, 3.05) is 0 Å². The molecule has 0 radical (unpaired) electrons. The third kappa shape index (κ3) is 15.6. The Morgan fingerprint density at radius 1 is 0.917 bits per heavy atom. The van der Waals surface area contributed by atoms with Gasteiger partial charge in [-0.3, -0.25) is 9.59 Å². The average molecular weight is 341 g/mol. The SMILES string of the molecule is CCCCCC/C=C\CCCC(=O)OC(CCCCC)CC(=O)O. The molecule has 0 aliphatic rings. The summed E-state index contributed by atoms with van der Waals surface area (Å²) in [5, 5.41) is 8.90. The Balaban J connectivity index is 3.82. The van der Waals surface area contributed by atoms with E-state index in [-0.39, 0.29) is 12.4 Å². The van der Waals surface area contributed by atoms with E-state index in [9.17, 15) is 9.59 Å². The number of allylic oxidation sites excluding steroid dienone is 2. The van der Waals surface area contributed by atoms with Crippen molar-refractivity contribution in [3.63, 3.8) is 0 Å². The van der Waals surface area contributed by atoms with E-state index in [1.165, 1.54) is 25.7 Å². The van der Waals surface area contributed by atoms with Crippen LogP contribution in [0.2, 0.25) is 0 Å². The number of carboxylic acids is 1. The van der Waals surface area contributed by atoms with Crippen LogP contribution >= 0.6 is 0 Å². The Kier molecular flexibility index (Phi) is 15.6. The van der Waals surface area contributed by atoms with Crippen molar-refractivity contribution < 1.29 is 19.4 Å². The molecular formula is C20H36O4. The van der Waals surface area contributed by atoms with Gasteiger partial charge in [-0.2, -0.15) is 0 Å². The maximum atomic E-state index is 11.8. The van der Waals surface area contributed by atoms with Crippen LogP contribution in [-0.4, -0.2) is 23.1 Å². The van der Waals surface area contributed by atoms with Gasteiger partial charge in [0.1, 0.15) is 6.10 Å². The Morgan fingerprint density at radius 2 is 1.54 bits per heavy atom. The molecule has 0 heterocycles. The molecule has 0 aliphatic heterocycles. The van der Waals surface area contributed by atoms with Crippen LogP contribution in [0, 0.1) is 0 Å². The van der Waals surface area contributed by atoms with Crippen molar-refractivity contribution in [3.05, 3.63) is 12.2 Å². The molecule has 0 aromatic rings. The summed E-state index contributed by atoms with van der Waals surface area (Å²) in [4.78, 5) is 22.7. The first-order valence-electron chi connectivity index (χ1n) is 9.66. The molecule has 0 bridgehead atoms. The lowest BCUT2D eigenvalue weighted by atomic mass is 10.1. The summed E-state index contributed by atoms with van der Waals surface area (Å²) in [6.07, 6.45) is 15.6. The molecule has 1 atom stereocenters. The zero-order chi connectivity index (χ0) is 18.0. The van der Waals surface area contributed by atoms with E-state index in [1.807, 2.05) is 0 Å². The highest BCUT2D eigenvalue weighted by atomic mass is 16.5. The molecule has 0 aromatic carbocycles. The number of carboxylic acid groups (broad SMARTS) is 1. The summed E-state index contributed by atoms with van der Waals surface area (Å²) in [5.74, 6) is -1.18. The summed E-state index contributed by atoms with van der Waals surface area (Å²) in [7, 11) is 0. The minimum atomic E-state index is -0.907. The molecule has 0 rings (SSSR count). The zero-order valence-corrected chi connectivity index (χ0v) is 15.6. The van der Waals surface area contributed by atoms with E-state index in [0.717, 1.165) is 38.5 Å². The molecule has 4 nitrogen and oxygen atoms in total. The minimum Gasteiger partial charge on any atom is -0.481 e. The molecule has 0 aliphatic carbocycles. The van der Waals surface area contributed by atoms with Crippen LogP contribution in [0.1, 0.15) is 97.3 Å². The Morgan fingerprint density at radius 3 is 2.17 bits per heavy atom. The number of hydrogen-bond donors (Lipinski definition) is 1. The van der Waals surface area contributed by atoms with Gasteiger partial charge in [0.05, 0.1) is 6.42 Å². The van der Waals surface area contributed by atoms with Crippen LogP contribution in [0.5, 0.6) is 0 Å². The molecule has 0 spiro atoms. The highest BCUT2D eigenvalue weighted by molar-refractivity contribution is 5.71. The van der Waals surface area contributed by atoms with Crippen LogP contribution < -0.4 is 0 Å². The number of rotatable bonds is 16. The normalized spacial score (nSPS) is 12.4. The van der Waals surface area contributed by atoms with Crippen LogP contribution in [0.3, 0.4) is 0 Å². The molecule has 140 valence electrons. The molecule has 1 N–H and O–H groups in total. The lowest BCUT2D eigenvalue weighted by Crippen LogP contribution is -2.21. The lowest BCUT2D eigenvalue weighted by molar-refractivity contribution is -0.153. The maximum absolute atomic E-state index is 11.8. The van der Waals surface area contributed by atoms with Gasteiger partial charge in [0.2, 0.25) is 0 Å². The summed E-state index contributed by atoms with van der Waals surface area (Å²) in [5.41, 5.74) is 0. The summed E-state index contributed by atoms with van der Waals surface area (Å²) in [6.45, 7) is 4.30. The summed E-state index contributed by atoms with van der Waals surface area (Å²) < 4.78 is 5.34. The fourth-order valence-corrected chi connectivity index (χ4v) is 2.55. The summed E-state index contributed by atoms with van der Waals surface area (Å²) >= 11 is 0. The molecule has 0 fully saturated rings. The molecule has 0 aromatic heterocycles. The van der Waals surface area contributed by atoms with Crippen molar-refractivity contribution in [1.82, 2.24) is 0 Å². The largest absolute Gasteiger partial charge is 0.481 e. The van der Waals surface area contributed by atoms with Gasteiger partial charge in [0.15, 0.2) is 0 Å². The first-order valence-corrected chi connectivity index (χ1v) is 9.66. The first kappa shape index (κ1) is 22.7. The average Bonchev–Trinajstić information content (AvgIpc) is 2.53. The maximum Gasteiger partial charge on any atom is 0.307 e. The van der Waals surface area contributed by atoms with E-state index in [0.29, 0.717) is 12.8 Å². The number of carbonyl (C=O) groups is 2. The van der Waals surface area contributed by atoms with Crippen LogP contribution in [-0.2, 0) is 14.3 Å². The van der Waals surface area contributed by atoms with E-state index in [2.05, 4.69) is 26.0 Å². The number of aliphatic carboxylic acids is 1. The van der Waals surface area contributed by atoms with Gasteiger partial charge in [0.25, 0.3) is 0 Å². The topological polar surface area (TPSA) is 63.6 Å². The van der Waals surface area contributed by atoms with E-state index in [4.69, 9.17) is 9.84 Å². The fraction of sp³-hybridized carbons (Fsp3) is 0.800. The molecule has 0 amide bonds. The molecule has 1 unspecified atom stereocenters. The molecule has 24 heavy (non-hydrogen) atoms. The molecule has 0 saturated heterocycles. The lowest BCUT2D eigenvalue weighted by Gasteiger charge is -2.15. The second-order valence-electron chi connectivity index (χ2n) is 6.42. The van der Waals surface area contributed by atoms with Crippen molar-refractivity contribution in [1.29, 1.82) is 0 Å². The van der Waals surface area contributed by atoms with Gasteiger partial charge in [-0.25, -0.2) is 0 Å². The van der Waals surface area contributed by atoms with Gasteiger partial charge < -0.3 is 9.84 Å². The predicted octanol–water partition coefficient (Wildman–Crippen LogP) is 5.65. The standard InChI is InChI=1S/C20H36O4/c1-3-5-7-8-9-10-11-12-14-16-20(23)24-18(17-19(21)22)15-13-6-4-2/h10-11,18H,3-9,12-17H2,1-2H3,(H,21,22)/b11-10-. The van der Waals surface area contributed by atoms with Gasteiger partial charge in [-0.1, -0.05) is 58.1 Å². The predicted molar refractivity (Wildman–Crippen MR) is 98.0 cm³/mol. The van der Waals surface area contributed by atoms with Crippen molar-refractivity contribution in [2.45, 2.75) is 103 Å². The van der Waals surface area contributed by atoms with Gasteiger partial charge in [0, 0.05) is 6.42 Å². The second kappa shape index (κ2) is 16.5. The van der Waals surface area contributed by atoms with Gasteiger partial charge in [-0.05, 0) is 38.5 Å². The highest BCUT2D eigenvalue weighted by Crippen LogP contribution is 2.12. The zero-order valence-electron chi connectivity index (χ0n) is 15.6. The quantitative estimate of drug-likeness (QED) is 0.224. The summed E-state index contributed by atoms with van der Waals surface area (Å²) in [6, 6.07) is 0. The van der Waals surface area contributed by atoms with Crippen molar-refractivity contribution in [3.8, 4) is 0 Å². The number of ether oxygens (including phenoxy) is 1. The van der Waals surface area contributed by atoms with Gasteiger partial charge >= 0.3 is 11.9 Å². The van der Waals surface area contributed by atoms with E-state index >= 15 is 0 Å². The number of esters is 1. The number of carbonyl (C=O) groups excluding carboxylic acids is 1. The van der Waals surface area contributed by atoms with E-state index < -0.39 is 12.1 Å². The second-order valence-corrected chi connectivity index (χ2v) is 6.42. The molecule has 4 heteroatoms. The van der Waals surface area contributed by atoms with Crippen LogP contribution in [0.4, 0.5) is 0 Å². The van der Waals surface area contributed by atoms with E-state index in [1.54, 1.807) is 0 Å². The number of hydrogen-bond acceptors (Lipinski definition) is 3. The third-order valence-corrected chi connectivity index (χ3v) is 3.97. The number of unbranched alkanes of at least 4 members (excludes halogenated alkanes) is 7. The minimum absolute atomic E-state index is 0.0902. The molecule has 0 saturated carbocycles. The van der Waals surface area contributed by atoms with Gasteiger partial charge in [-0.15, -0.1) is 0 Å². The first-order chi connectivity index (χ1) is 11.6. The Labute approximate surface area is 147 Å². The Hall–Kier alpha value is -1.32. The smallest absolute Gasteiger partial charge is 0.307 e. The van der Waals surface area contributed by atoms with Crippen LogP contribution in [0.15, 0.2) is 12.2 Å². The third-order valence-electron chi connectivity index (χ3n) is 3.97. The fourth-order valence-electron chi connectivity index (χ4n) is 2.55. The highest BCUT2D eigenvalue weighted by Gasteiger charge is 2.17. The monoisotopic (exact) mass is 340 g/mol. The molecular weight excluding hydrogens is 304 g/mol. The van der Waals surface area contributed by atoms with Crippen LogP contribution in [0.25, 0.3) is 0 Å².